The van der Waals surface area contributed by atoms with Crippen LogP contribution >= 0.6 is 0 Å². The predicted octanol–water partition coefficient (Wildman–Crippen LogP) is 3.30. The first-order chi connectivity index (χ1) is 17.8. The van der Waals surface area contributed by atoms with E-state index in [1.54, 1.807) is 35.9 Å². The molecule has 0 N–H and O–H groups in total. The van der Waals surface area contributed by atoms with Crippen molar-refractivity contribution in [3.8, 4) is 11.5 Å². The third-order valence-electron chi connectivity index (χ3n) is 5.89. The lowest BCUT2D eigenvalue weighted by Gasteiger charge is -2.15. The number of fused-ring (bicyclic) bond motifs is 2. The van der Waals surface area contributed by atoms with E-state index < -0.39 is 11.9 Å². The molecule has 0 spiro atoms. The average molecular weight is 505 g/mol. The summed E-state index contributed by atoms with van der Waals surface area (Å²) in [6.07, 6.45) is 2.26. The Morgan fingerprint density at radius 3 is 2.46 bits per heavy atom. The highest BCUT2D eigenvalue weighted by Crippen LogP contribution is 2.27. The lowest BCUT2D eigenvalue weighted by atomic mass is 10.1. The first kappa shape index (κ1) is 25.6. The molecule has 37 heavy (non-hydrogen) atoms. The highest BCUT2D eigenvalue weighted by Gasteiger charge is 2.21. The third kappa shape index (κ3) is 4.69. The fourth-order valence-electron chi connectivity index (χ4n) is 4.13. The van der Waals surface area contributed by atoms with Crippen LogP contribution in [0, 0.1) is 6.92 Å². The van der Waals surface area contributed by atoms with Gasteiger partial charge < -0.3 is 18.8 Å². The van der Waals surface area contributed by atoms with Gasteiger partial charge in [-0.2, -0.15) is 4.99 Å². The molecule has 0 atom stereocenters. The number of rotatable bonds is 7. The number of benzene rings is 1. The molecule has 0 fully saturated rings. The molecule has 0 aliphatic carbocycles. The average Bonchev–Trinajstić information content (AvgIpc) is 2.90. The van der Waals surface area contributed by atoms with Crippen LogP contribution in [0.1, 0.15) is 46.5 Å². The zero-order valence-electron chi connectivity index (χ0n) is 21.4. The van der Waals surface area contributed by atoms with Crippen molar-refractivity contribution in [3.05, 3.63) is 75.1 Å². The van der Waals surface area contributed by atoms with Crippen molar-refractivity contribution in [2.75, 3.05) is 20.8 Å². The van der Waals surface area contributed by atoms with Gasteiger partial charge in [0.2, 0.25) is 0 Å². The van der Waals surface area contributed by atoms with E-state index in [0.717, 1.165) is 5.56 Å². The number of ether oxygens (including phenoxy) is 3. The van der Waals surface area contributed by atoms with Crippen molar-refractivity contribution in [3.63, 3.8) is 0 Å². The Kier molecular flexibility index (Phi) is 7.37. The van der Waals surface area contributed by atoms with Crippen molar-refractivity contribution in [2.24, 2.45) is 4.99 Å². The van der Waals surface area contributed by atoms with E-state index in [-0.39, 0.29) is 34.2 Å². The van der Waals surface area contributed by atoms with Crippen molar-refractivity contribution in [2.45, 2.75) is 33.7 Å². The molecule has 10 nitrogen and oxygen atoms in total. The number of nitrogens with zero attached hydrogens (tertiary/aromatic N) is 4. The van der Waals surface area contributed by atoms with Crippen LogP contribution in [0.2, 0.25) is 0 Å². The van der Waals surface area contributed by atoms with Gasteiger partial charge in [0, 0.05) is 18.3 Å². The summed E-state index contributed by atoms with van der Waals surface area (Å²) in [6.45, 7) is 5.95. The van der Waals surface area contributed by atoms with Gasteiger partial charge in [0.15, 0.2) is 17.0 Å². The van der Waals surface area contributed by atoms with Gasteiger partial charge in [0.05, 0.1) is 26.2 Å². The minimum absolute atomic E-state index is 0.00290. The second kappa shape index (κ2) is 10.7. The maximum Gasteiger partial charge on any atom is 0.341 e. The monoisotopic (exact) mass is 504 g/mol. The van der Waals surface area contributed by atoms with Gasteiger partial charge in [-0.3, -0.25) is 14.0 Å². The molecule has 0 saturated heterocycles. The number of carbonyl (C=O) groups is 2. The smallest absolute Gasteiger partial charge is 0.341 e. The van der Waals surface area contributed by atoms with Crippen LogP contribution in [-0.2, 0) is 11.3 Å². The molecule has 4 rings (SSSR count). The van der Waals surface area contributed by atoms with Crippen LogP contribution < -0.4 is 20.5 Å². The van der Waals surface area contributed by atoms with Crippen molar-refractivity contribution in [1.29, 1.82) is 0 Å². The molecule has 0 saturated carbocycles. The van der Waals surface area contributed by atoms with Crippen LogP contribution in [0.4, 0.5) is 0 Å². The summed E-state index contributed by atoms with van der Waals surface area (Å²) in [5, 5.41) is 0.220. The number of hydrogen-bond donors (Lipinski definition) is 0. The van der Waals surface area contributed by atoms with Gasteiger partial charge in [-0.25, -0.2) is 9.78 Å². The van der Waals surface area contributed by atoms with E-state index in [4.69, 9.17) is 19.2 Å². The molecule has 0 aliphatic rings. The molecular weight excluding hydrogens is 476 g/mol. The van der Waals surface area contributed by atoms with Crippen LogP contribution in [0.5, 0.6) is 11.5 Å². The van der Waals surface area contributed by atoms with Gasteiger partial charge in [-0.1, -0.05) is 13.0 Å². The minimum atomic E-state index is -0.693. The first-order valence-electron chi connectivity index (χ1n) is 11.9. The van der Waals surface area contributed by atoms with Gasteiger partial charge in [-0.15, -0.1) is 0 Å². The van der Waals surface area contributed by atoms with Crippen LogP contribution in [0.15, 0.2) is 52.4 Å². The van der Waals surface area contributed by atoms with Crippen LogP contribution in [0.25, 0.3) is 16.7 Å². The Morgan fingerprint density at radius 1 is 1.03 bits per heavy atom. The standard InChI is InChI=1S/C27H28N4O6/c1-6-12-30-23-18(26(33)31-13-8-9-16(3)22(31)28-23)15-19(27(34)37-7-2)24(30)29-25(32)17-10-11-20(35-4)21(14-17)36-5/h8-11,13-15H,6-7,12H2,1-5H3. The van der Waals surface area contributed by atoms with Crippen LogP contribution in [0.3, 0.4) is 0 Å². The van der Waals surface area contributed by atoms with Gasteiger partial charge in [-0.05, 0) is 56.2 Å². The van der Waals surface area contributed by atoms with Crippen molar-refractivity contribution in [1.82, 2.24) is 14.0 Å². The summed E-state index contributed by atoms with van der Waals surface area (Å²) in [5.41, 5.74) is 1.58. The quantitative estimate of drug-likeness (QED) is 0.280. The summed E-state index contributed by atoms with van der Waals surface area (Å²) in [5.74, 6) is -0.470. The second-order valence-corrected chi connectivity index (χ2v) is 8.28. The Morgan fingerprint density at radius 2 is 1.78 bits per heavy atom. The van der Waals surface area contributed by atoms with Crippen molar-refractivity contribution >= 4 is 28.6 Å². The number of pyridine rings is 2. The molecule has 0 radical (unpaired) electrons. The molecule has 1 amide bonds. The molecule has 0 unspecified atom stereocenters. The molecule has 10 heteroatoms. The number of aryl methyl sites for hydroxylation is 2. The van der Waals surface area contributed by atoms with E-state index in [1.165, 1.54) is 30.8 Å². The molecule has 0 aliphatic heterocycles. The molecule has 3 heterocycles. The molecule has 4 aromatic rings. The summed E-state index contributed by atoms with van der Waals surface area (Å²) >= 11 is 0. The summed E-state index contributed by atoms with van der Waals surface area (Å²) in [6, 6.07) is 9.70. The maximum atomic E-state index is 13.4. The van der Waals surface area contributed by atoms with E-state index in [9.17, 15) is 14.4 Å². The van der Waals surface area contributed by atoms with E-state index in [1.807, 2.05) is 19.9 Å². The maximum absolute atomic E-state index is 13.4. The van der Waals surface area contributed by atoms with E-state index >= 15 is 0 Å². The Bertz CT molecular complexity index is 1650. The number of esters is 1. The topological polar surface area (TPSA) is 113 Å². The van der Waals surface area contributed by atoms with Gasteiger partial charge in [0.25, 0.3) is 11.5 Å². The highest BCUT2D eigenvalue weighted by atomic mass is 16.5. The second-order valence-electron chi connectivity index (χ2n) is 8.28. The first-order valence-corrected chi connectivity index (χ1v) is 11.9. The Labute approximate surface area is 212 Å². The molecule has 0 bridgehead atoms. The SMILES string of the molecule is CCCn1c(=NC(=O)c2ccc(OC)c(OC)c2)c(C(=O)OCC)cc2c(=O)n3cccc(C)c3nc21. The molecule has 192 valence electrons. The number of hydrogen-bond acceptors (Lipinski definition) is 7. The predicted molar refractivity (Wildman–Crippen MR) is 137 cm³/mol. The number of carbonyl (C=O) groups excluding carboxylic acids is 2. The number of amides is 1. The number of methoxy groups -OCH3 is 2. The molecular formula is C27H28N4O6. The zero-order valence-corrected chi connectivity index (χ0v) is 21.4. The Hall–Kier alpha value is -4.47. The van der Waals surface area contributed by atoms with Gasteiger partial charge >= 0.3 is 5.97 Å². The lowest BCUT2D eigenvalue weighted by Crippen LogP contribution is -2.33. The fraction of sp³-hybridized carbons (Fsp3) is 0.296. The third-order valence-corrected chi connectivity index (χ3v) is 5.89. The zero-order chi connectivity index (χ0) is 26.7. The molecule has 3 aromatic heterocycles. The summed E-state index contributed by atoms with van der Waals surface area (Å²) in [4.78, 5) is 48.9. The largest absolute Gasteiger partial charge is 0.493 e. The number of aromatic nitrogens is 3. The van der Waals surface area contributed by atoms with Gasteiger partial charge in [0.1, 0.15) is 16.9 Å². The van der Waals surface area contributed by atoms with Crippen LogP contribution in [-0.4, -0.2) is 46.7 Å². The molecule has 1 aromatic carbocycles. The Balaban J connectivity index is 2.09. The van der Waals surface area contributed by atoms with E-state index in [0.29, 0.717) is 35.8 Å². The van der Waals surface area contributed by atoms with Crippen molar-refractivity contribution < 1.29 is 23.8 Å². The lowest BCUT2D eigenvalue weighted by molar-refractivity contribution is 0.0523. The fourth-order valence-corrected chi connectivity index (χ4v) is 4.13. The van der Waals surface area contributed by atoms with E-state index in [2.05, 4.69) is 4.99 Å². The normalized spacial score (nSPS) is 11.6. The summed E-state index contributed by atoms with van der Waals surface area (Å²) < 4.78 is 18.9. The highest BCUT2D eigenvalue weighted by molar-refractivity contribution is 5.97. The summed E-state index contributed by atoms with van der Waals surface area (Å²) in [7, 11) is 2.97. The minimum Gasteiger partial charge on any atom is -0.493 e.